The molecule has 4 heteroatoms. The van der Waals surface area contributed by atoms with E-state index in [1.165, 1.54) is 0 Å². The second-order valence-corrected chi connectivity index (χ2v) is 4.58. The molecule has 0 unspecified atom stereocenters. The monoisotopic (exact) mass is 244 g/mol. The number of carbonyl (C=O) groups is 1. The van der Waals surface area contributed by atoms with E-state index in [-0.39, 0.29) is 12.6 Å². The third kappa shape index (κ3) is 2.88. The van der Waals surface area contributed by atoms with E-state index in [0.29, 0.717) is 5.56 Å². The highest BCUT2D eigenvalue weighted by Gasteiger charge is 2.33. The number of hydrogen-bond donors (Lipinski definition) is 1. The maximum Gasteiger partial charge on any atom is 0.338 e. The van der Waals surface area contributed by atoms with Gasteiger partial charge in [-0.2, -0.15) is 5.26 Å². The van der Waals surface area contributed by atoms with Crippen LogP contribution in [0.4, 0.5) is 0 Å². The van der Waals surface area contributed by atoms with Gasteiger partial charge in [-0.15, -0.1) is 0 Å². The number of nitrogens with zero attached hydrogens (tertiary/aromatic N) is 1. The third-order valence-corrected chi connectivity index (χ3v) is 3.29. The molecule has 4 nitrogen and oxygen atoms in total. The number of esters is 1. The predicted molar refractivity (Wildman–Crippen MR) is 66.9 cm³/mol. The molecule has 1 aliphatic rings. The Morgan fingerprint density at radius 3 is 2.61 bits per heavy atom. The molecule has 1 aromatic rings. The van der Waals surface area contributed by atoms with Gasteiger partial charge in [0.15, 0.2) is 0 Å². The fourth-order valence-electron chi connectivity index (χ4n) is 2.06. The highest BCUT2D eigenvalue weighted by atomic mass is 16.5. The van der Waals surface area contributed by atoms with Gasteiger partial charge in [-0.1, -0.05) is 18.2 Å². The number of nitriles is 1. The highest BCUT2D eigenvalue weighted by Crippen LogP contribution is 2.28. The van der Waals surface area contributed by atoms with Crippen molar-refractivity contribution in [2.45, 2.75) is 12.8 Å². The first-order valence-electron chi connectivity index (χ1n) is 6.10. The molecule has 0 spiro atoms. The Labute approximate surface area is 107 Å². The Hall–Kier alpha value is -1.86. The molecule has 94 valence electrons. The minimum absolute atomic E-state index is 0.179. The van der Waals surface area contributed by atoms with Crippen molar-refractivity contribution in [1.82, 2.24) is 5.32 Å². The summed E-state index contributed by atoms with van der Waals surface area (Å²) in [7, 11) is 0. The van der Waals surface area contributed by atoms with Crippen molar-refractivity contribution in [1.29, 1.82) is 5.26 Å². The minimum atomic E-state index is -0.518. The van der Waals surface area contributed by atoms with Crippen LogP contribution in [0.15, 0.2) is 30.3 Å². The summed E-state index contributed by atoms with van der Waals surface area (Å²) in [5.74, 6) is -0.358. The lowest BCUT2D eigenvalue weighted by atomic mass is 9.81. The maximum absolute atomic E-state index is 11.8. The SMILES string of the molecule is N#CC1(COC(=O)c2ccccc2)CCNCC1. The summed E-state index contributed by atoms with van der Waals surface area (Å²) in [6.45, 7) is 1.78. The quantitative estimate of drug-likeness (QED) is 0.823. The third-order valence-electron chi connectivity index (χ3n) is 3.29. The Morgan fingerprint density at radius 2 is 2.00 bits per heavy atom. The molecule has 0 aromatic heterocycles. The molecule has 0 bridgehead atoms. The second-order valence-electron chi connectivity index (χ2n) is 4.58. The van der Waals surface area contributed by atoms with Gasteiger partial charge in [0.05, 0.1) is 17.0 Å². The smallest absolute Gasteiger partial charge is 0.338 e. The topological polar surface area (TPSA) is 62.1 Å². The molecule has 1 N–H and O–H groups in total. The number of ether oxygens (including phenoxy) is 1. The summed E-state index contributed by atoms with van der Waals surface area (Å²) in [5.41, 5.74) is 0.00917. The van der Waals surface area contributed by atoms with Crippen molar-refractivity contribution < 1.29 is 9.53 Å². The molecule has 18 heavy (non-hydrogen) atoms. The summed E-state index contributed by atoms with van der Waals surface area (Å²) >= 11 is 0. The van der Waals surface area contributed by atoms with Crippen molar-refractivity contribution in [2.75, 3.05) is 19.7 Å². The molecule has 0 aliphatic carbocycles. The summed E-state index contributed by atoms with van der Waals surface area (Å²) in [4.78, 5) is 11.8. The Morgan fingerprint density at radius 1 is 1.33 bits per heavy atom. The Kier molecular flexibility index (Phi) is 3.96. The molecule has 0 atom stereocenters. The first-order chi connectivity index (χ1) is 8.76. The number of benzene rings is 1. The first-order valence-corrected chi connectivity index (χ1v) is 6.10. The van der Waals surface area contributed by atoms with Crippen LogP contribution in [0.2, 0.25) is 0 Å². The van der Waals surface area contributed by atoms with Crippen LogP contribution in [-0.2, 0) is 4.74 Å². The van der Waals surface area contributed by atoms with Crippen LogP contribution in [0.1, 0.15) is 23.2 Å². The van der Waals surface area contributed by atoms with E-state index in [2.05, 4.69) is 11.4 Å². The summed E-state index contributed by atoms with van der Waals surface area (Å²) in [5, 5.41) is 12.5. The number of rotatable bonds is 3. The van der Waals surface area contributed by atoms with E-state index in [0.717, 1.165) is 25.9 Å². The molecule has 0 amide bonds. The maximum atomic E-state index is 11.8. The van der Waals surface area contributed by atoms with Crippen LogP contribution in [0.3, 0.4) is 0 Å². The van der Waals surface area contributed by atoms with E-state index in [1.807, 2.05) is 6.07 Å². The van der Waals surface area contributed by atoms with Crippen molar-refractivity contribution in [3.63, 3.8) is 0 Å². The van der Waals surface area contributed by atoms with Gasteiger partial charge in [0.2, 0.25) is 0 Å². The predicted octanol–water partition coefficient (Wildman–Crippen LogP) is 1.74. The standard InChI is InChI=1S/C14H16N2O2/c15-10-14(6-8-16-9-7-14)11-18-13(17)12-4-2-1-3-5-12/h1-5,16H,6-9,11H2. The molecule has 1 aromatic carbocycles. The van der Waals surface area contributed by atoms with Crippen LogP contribution in [-0.4, -0.2) is 25.7 Å². The molecular weight excluding hydrogens is 228 g/mol. The molecule has 1 heterocycles. The van der Waals surface area contributed by atoms with Crippen LogP contribution in [0.5, 0.6) is 0 Å². The Balaban J connectivity index is 1.95. The average molecular weight is 244 g/mol. The minimum Gasteiger partial charge on any atom is -0.460 e. The van der Waals surface area contributed by atoms with Gasteiger partial charge in [0.25, 0.3) is 0 Å². The number of piperidine rings is 1. The van der Waals surface area contributed by atoms with E-state index in [1.54, 1.807) is 24.3 Å². The van der Waals surface area contributed by atoms with Gasteiger partial charge in [-0.05, 0) is 38.1 Å². The summed E-state index contributed by atoms with van der Waals surface area (Å²) in [6.07, 6.45) is 1.46. The largest absolute Gasteiger partial charge is 0.460 e. The fraction of sp³-hybridized carbons (Fsp3) is 0.429. The zero-order valence-electron chi connectivity index (χ0n) is 10.2. The zero-order chi connectivity index (χ0) is 12.8. The number of carbonyl (C=O) groups excluding carboxylic acids is 1. The van der Waals surface area contributed by atoms with Crippen molar-refractivity contribution in [3.05, 3.63) is 35.9 Å². The number of nitrogens with one attached hydrogen (secondary N) is 1. The number of hydrogen-bond acceptors (Lipinski definition) is 4. The van der Waals surface area contributed by atoms with Gasteiger partial charge in [0, 0.05) is 0 Å². The van der Waals surface area contributed by atoms with Crippen molar-refractivity contribution >= 4 is 5.97 Å². The summed E-state index contributed by atoms with van der Waals surface area (Å²) < 4.78 is 5.27. The molecule has 0 saturated carbocycles. The van der Waals surface area contributed by atoms with Gasteiger partial charge >= 0.3 is 5.97 Å². The van der Waals surface area contributed by atoms with Gasteiger partial charge in [0.1, 0.15) is 6.61 Å². The molecule has 1 saturated heterocycles. The normalized spacial score (nSPS) is 17.7. The molecular formula is C14H16N2O2. The van der Waals surface area contributed by atoms with Crippen LogP contribution in [0, 0.1) is 16.7 Å². The molecule has 1 fully saturated rings. The lowest BCUT2D eigenvalue weighted by Gasteiger charge is -2.30. The van der Waals surface area contributed by atoms with Gasteiger partial charge < -0.3 is 10.1 Å². The fourth-order valence-corrected chi connectivity index (χ4v) is 2.06. The second kappa shape index (κ2) is 5.65. The zero-order valence-corrected chi connectivity index (χ0v) is 10.2. The first kappa shape index (κ1) is 12.6. The lowest BCUT2D eigenvalue weighted by Crippen LogP contribution is -2.39. The summed E-state index contributed by atoms with van der Waals surface area (Å²) in [6, 6.07) is 11.2. The van der Waals surface area contributed by atoms with Gasteiger partial charge in [-0.3, -0.25) is 0 Å². The molecule has 1 aliphatic heterocycles. The highest BCUT2D eigenvalue weighted by molar-refractivity contribution is 5.89. The average Bonchev–Trinajstić information content (AvgIpc) is 2.47. The van der Waals surface area contributed by atoms with E-state index < -0.39 is 5.41 Å². The van der Waals surface area contributed by atoms with E-state index >= 15 is 0 Å². The van der Waals surface area contributed by atoms with E-state index in [4.69, 9.17) is 4.74 Å². The van der Waals surface area contributed by atoms with Crippen molar-refractivity contribution in [3.8, 4) is 6.07 Å². The van der Waals surface area contributed by atoms with Crippen LogP contribution >= 0.6 is 0 Å². The molecule has 0 radical (unpaired) electrons. The molecule has 2 rings (SSSR count). The van der Waals surface area contributed by atoms with Crippen LogP contribution in [0.25, 0.3) is 0 Å². The lowest BCUT2D eigenvalue weighted by molar-refractivity contribution is 0.0324. The van der Waals surface area contributed by atoms with Crippen molar-refractivity contribution in [2.24, 2.45) is 5.41 Å². The van der Waals surface area contributed by atoms with Gasteiger partial charge in [-0.25, -0.2) is 4.79 Å². The van der Waals surface area contributed by atoms with E-state index in [9.17, 15) is 10.1 Å². The Bertz CT molecular complexity index is 445. The van der Waals surface area contributed by atoms with Crippen LogP contribution < -0.4 is 5.32 Å².